The number of hydrazine groups is 1. The minimum Gasteiger partial charge on any atom is -0.459 e. The lowest BCUT2D eigenvalue weighted by Gasteiger charge is -2.20. The topological polar surface area (TPSA) is 90.1 Å². The van der Waals surface area contributed by atoms with Gasteiger partial charge in [-0.1, -0.05) is 32.5 Å². The summed E-state index contributed by atoms with van der Waals surface area (Å²) in [7, 11) is 0. The van der Waals surface area contributed by atoms with Gasteiger partial charge in [-0.05, 0) is 20.8 Å². The highest BCUT2D eigenvalue weighted by molar-refractivity contribution is 7.99. The van der Waals surface area contributed by atoms with E-state index in [2.05, 4.69) is 15.4 Å². The van der Waals surface area contributed by atoms with Crippen LogP contribution in [-0.4, -0.2) is 27.3 Å². The van der Waals surface area contributed by atoms with Gasteiger partial charge in [-0.3, -0.25) is 4.79 Å². The molecule has 0 unspecified atom stereocenters. The van der Waals surface area contributed by atoms with Gasteiger partial charge in [0.2, 0.25) is 0 Å². The lowest BCUT2D eigenvalue weighted by atomic mass is 9.96. The number of rotatable bonds is 4. The molecule has 0 aliphatic heterocycles. The summed E-state index contributed by atoms with van der Waals surface area (Å²) in [4.78, 5) is 20.5. The van der Waals surface area contributed by atoms with Gasteiger partial charge in [-0.25, -0.2) is 15.8 Å². The number of aromatic nitrogens is 2. The molecule has 0 amide bonds. The molecule has 0 aromatic carbocycles. The largest absolute Gasteiger partial charge is 0.459 e. The zero-order chi connectivity index (χ0) is 16.3. The van der Waals surface area contributed by atoms with Gasteiger partial charge in [0, 0.05) is 11.5 Å². The molecule has 1 aromatic heterocycles. The molecule has 118 valence electrons. The monoisotopic (exact) mass is 312 g/mol. The predicted molar refractivity (Wildman–Crippen MR) is 85.1 cm³/mol. The second kappa shape index (κ2) is 6.62. The predicted octanol–water partition coefficient (Wildman–Crippen LogP) is 2.49. The molecule has 0 spiro atoms. The van der Waals surface area contributed by atoms with E-state index < -0.39 is 5.60 Å². The maximum Gasteiger partial charge on any atom is 0.316 e. The highest BCUT2D eigenvalue weighted by atomic mass is 32.2. The lowest BCUT2D eigenvalue weighted by Crippen LogP contribution is -2.25. The van der Waals surface area contributed by atoms with Crippen LogP contribution in [0, 0.1) is 0 Å². The van der Waals surface area contributed by atoms with Crippen molar-refractivity contribution in [3.63, 3.8) is 0 Å². The van der Waals surface area contributed by atoms with Crippen molar-refractivity contribution >= 4 is 23.5 Å². The fourth-order valence-corrected chi connectivity index (χ4v) is 2.08. The van der Waals surface area contributed by atoms with Gasteiger partial charge in [0.1, 0.15) is 22.3 Å². The first-order chi connectivity index (χ1) is 9.51. The van der Waals surface area contributed by atoms with Crippen molar-refractivity contribution in [1.82, 2.24) is 9.97 Å². The van der Waals surface area contributed by atoms with Gasteiger partial charge in [-0.2, -0.15) is 0 Å². The first-order valence-electron chi connectivity index (χ1n) is 6.72. The summed E-state index contributed by atoms with van der Waals surface area (Å²) >= 11 is 1.31. The standard InChI is InChI=1S/C14H24N4O2S/c1-13(2,3)12-16-9(18-15)7-10(17-12)21-8-11(19)20-14(4,5)6/h7H,8,15H2,1-6H3,(H,16,17,18). The summed E-state index contributed by atoms with van der Waals surface area (Å²) in [5.74, 6) is 6.55. The Morgan fingerprint density at radius 1 is 1.29 bits per heavy atom. The molecule has 0 atom stereocenters. The van der Waals surface area contributed by atoms with E-state index >= 15 is 0 Å². The molecular weight excluding hydrogens is 288 g/mol. The molecule has 0 bridgehead atoms. The molecule has 0 radical (unpaired) electrons. The van der Waals surface area contributed by atoms with E-state index in [9.17, 15) is 4.79 Å². The number of nitrogens with zero attached hydrogens (tertiary/aromatic N) is 2. The van der Waals surface area contributed by atoms with Crippen LogP contribution in [0.2, 0.25) is 0 Å². The third-order valence-electron chi connectivity index (χ3n) is 2.28. The Balaban J connectivity index is 2.82. The normalized spacial score (nSPS) is 12.1. The van der Waals surface area contributed by atoms with Crippen LogP contribution in [0.15, 0.2) is 11.1 Å². The maximum atomic E-state index is 11.7. The van der Waals surface area contributed by atoms with Crippen molar-refractivity contribution in [3.05, 3.63) is 11.9 Å². The summed E-state index contributed by atoms with van der Waals surface area (Å²) in [5.41, 5.74) is 1.84. The van der Waals surface area contributed by atoms with E-state index in [-0.39, 0.29) is 17.1 Å². The quantitative estimate of drug-likeness (QED) is 0.290. The van der Waals surface area contributed by atoms with E-state index in [1.54, 1.807) is 6.07 Å². The second-order valence-electron chi connectivity index (χ2n) is 6.68. The van der Waals surface area contributed by atoms with Gasteiger partial charge < -0.3 is 10.2 Å². The smallest absolute Gasteiger partial charge is 0.316 e. The van der Waals surface area contributed by atoms with Crippen LogP contribution in [0.3, 0.4) is 0 Å². The summed E-state index contributed by atoms with van der Waals surface area (Å²) < 4.78 is 5.27. The number of nitrogens with two attached hydrogens (primary N) is 1. The minimum absolute atomic E-state index is 0.196. The average Bonchev–Trinajstić information content (AvgIpc) is 2.33. The Bertz CT molecular complexity index is 507. The third-order valence-corrected chi connectivity index (χ3v) is 3.16. The fraction of sp³-hybridized carbons (Fsp3) is 0.643. The molecule has 6 nitrogen and oxygen atoms in total. The number of hydrogen-bond donors (Lipinski definition) is 2. The SMILES string of the molecule is CC(C)(C)OC(=O)CSc1cc(NN)nc(C(C)(C)C)n1. The van der Waals surface area contributed by atoms with Crippen LogP contribution < -0.4 is 11.3 Å². The molecule has 7 heteroatoms. The van der Waals surface area contributed by atoms with Gasteiger partial charge in [0.05, 0.1) is 5.75 Å². The highest BCUT2D eigenvalue weighted by Crippen LogP contribution is 2.25. The van der Waals surface area contributed by atoms with Gasteiger partial charge in [0.15, 0.2) is 0 Å². The summed E-state index contributed by atoms with van der Waals surface area (Å²) in [6, 6.07) is 1.71. The lowest BCUT2D eigenvalue weighted by molar-refractivity contribution is -0.151. The number of thioether (sulfide) groups is 1. The van der Waals surface area contributed by atoms with E-state index in [0.29, 0.717) is 16.7 Å². The molecular formula is C14H24N4O2S. The number of carbonyl (C=O) groups excluding carboxylic acids is 1. The molecule has 21 heavy (non-hydrogen) atoms. The number of anilines is 1. The molecule has 1 rings (SSSR count). The first kappa shape index (κ1) is 17.7. The molecule has 0 aliphatic rings. The Morgan fingerprint density at radius 2 is 1.90 bits per heavy atom. The summed E-state index contributed by atoms with van der Waals surface area (Å²) in [5, 5.41) is 0.689. The van der Waals surface area contributed by atoms with E-state index in [1.165, 1.54) is 11.8 Å². The summed E-state index contributed by atoms with van der Waals surface area (Å²) in [6.45, 7) is 11.6. The Morgan fingerprint density at radius 3 is 2.38 bits per heavy atom. The number of ether oxygens (including phenoxy) is 1. The number of hydrogen-bond acceptors (Lipinski definition) is 7. The average molecular weight is 312 g/mol. The molecule has 0 aliphatic carbocycles. The van der Waals surface area contributed by atoms with Crippen LogP contribution in [-0.2, 0) is 14.9 Å². The fourth-order valence-electron chi connectivity index (χ4n) is 1.41. The zero-order valence-electron chi connectivity index (χ0n) is 13.5. The van der Waals surface area contributed by atoms with Crippen molar-refractivity contribution in [2.45, 2.75) is 57.6 Å². The Kier molecular flexibility index (Phi) is 5.58. The van der Waals surface area contributed by atoms with Crippen molar-refractivity contribution in [1.29, 1.82) is 0 Å². The second-order valence-corrected chi connectivity index (χ2v) is 7.68. The first-order valence-corrected chi connectivity index (χ1v) is 7.70. The van der Waals surface area contributed by atoms with Crippen LogP contribution in [0.4, 0.5) is 5.82 Å². The van der Waals surface area contributed by atoms with Crippen LogP contribution in [0.25, 0.3) is 0 Å². The van der Waals surface area contributed by atoms with Crippen molar-refractivity contribution in [2.24, 2.45) is 5.84 Å². The van der Waals surface area contributed by atoms with E-state index in [4.69, 9.17) is 10.6 Å². The Labute approximate surface area is 130 Å². The van der Waals surface area contributed by atoms with Gasteiger partial charge in [0.25, 0.3) is 0 Å². The van der Waals surface area contributed by atoms with Gasteiger partial charge >= 0.3 is 5.97 Å². The van der Waals surface area contributed by atoms with Crippen molar-refractivity contribution in [3.8, 4) is 0 Å². The molecule has 0 saturated heterocycles. The van der Waals surface area contributed by atoms with Crippen molar-refractivity contribution < 1.29 is 9.53 Å². The maximum absolute atomic E-state index is 11.7. The minimum atomic E-state index is -0.482. The molecule has 1 heterocycles. The molecule has 3 N–H and O–H groups in total. The number of esters is 1. The molecule has 1 aromatic rings. The van der Waals surface area contributed by atoms with E-state index in [1.807, 2.05) is 41.5 Å². The van der Waals surface area contributed by atoms with Crippen molar-refractivity contribution in [2.75, 3.05) is 11.2 Å². The van der Waals surface area contributed by atoms with Gasteiger partial charge in [-0.15, -0.1) is 0 Å². The molecule has 0 saturated carbocycles. The Hall–Kier alpha value is -1.34. The van der Waals surface area contributed by atoms with Crippen LogP contribution in [0.1, 0.15) is 47.4 Å². The highest BCUT2D eigenvalue weighted by Gasteiger charge is 2.20. The number of nitrogens with one attached hydrogen (secondary N) is 1. The molecule has 0 fully saturated rings. The zero-order valence-corrected chi connectivity index (χ0v) is 14.3. The van der Waals surface area contributed by atoms with Crippen LogP contribution >= 0.6 is 11.8 Å². The third kappa shape index (κ3) is 6.31. The van der Waals surface area contributed by atoms with E-state index in [0.717, 1.165) is 0 Å². The summed E-state index contributed by atoms with van der Waals surface area (Å²) in [6.07, 6.45) is 0. The van der Waals surface area contributed by atoms with Crippen LogP contribution in [0.5, 0.6) is 0 Å². The number of carbonyl (C=O) groups is 1. The number of nitrogen functional groups attached to an aromatic ring is 1.